The second kappa shape index (κ2) is 2.60. The summed E-state index contributed by atoms with van der Waals surface area (Å²) >= 11 is 3.32. The fourth-order valence-electron chi connectivity index (χ4n) is 1.19. The Hall–Kier alpha value is -0.820. The summed E-state index contributed by atoms with van der Waals surface area (Å²) < 4.78 is 2.79. The lowest BCUT2D eigenvalue weighted by Crippen LogP contribution is -2.09. The van der Waals surface area contributed by atoms with Crippen molar-refractivity contribution in [2.24, 2.45) is 5.41 Å². The number of nitrogens with zero attached hydrogens (tertiary/aromatic N) is 3. The molecule has 1 saturated carbocycles. The second-order valence-corrected chi connectivity index (χ2v) is 4.16. The molecule has 0 bridgehead atoms. The number of hydrogen-bond donors (Lipinski definition) is 0. The molecule has 0 N–H and O–H groups in total. The van der Waals surface area contributed by atoms with Crippen LogP contribution in [0.4, 0.5) is 0 Å². The van der Waals surface area contributed by atoms with Crippen molar-refractivity contribution < 1.29 is 0 Å². The van der Waals surface area contributed by atoms with Gasteiger partial charge in [-0.15, -0.1) is 0 Å². The minimum atomic E-state index is -0.106. The molecule has 12 heavy (non-hydrogen) atoms. The van der Waals surface area contributed by atoms with E-state index in [0.717, 1.165) is 23.9 Å². The van der Waals surface area contributed by atoms with Crippen LogP contribution in [0.15, 0.2) is 16.9 Å². The van der Waals surface area contributed by atoms with Crippen molar-refractivity contribution in [2.45, 2.75) is 19.4 Å². The molecule has 4 heteroatoms. The maximum absolute atomic E-state index is 8.82. The van der Waals surface area contributed by atoms with Crippen LogP contribution in [0.2, 0.25) is 0 Å². The van der Waals surface area contributed by atoms with Crippen LogP contribution in [0.1, 0.15) is 12.8 Å². The van der Waals surface area contributed by atoms with Crippen LogP contribution in [0.25, 0.3) is 0 Å². The van der Waals surface area contributed by atoms with Gasteiger partial charge in [-0.3, -0.25) is 4.68 Å². The van der Waals surface area contributed by atoms with Gasteiger partial charge in [-0.05, 0) is 28.8 Å². The van der Waals surface area contributed by atoms with E-state index in [1.165, 1.54) is 0 Å². The van der Waals surface area contributed by atoms with Crippen molar-refractivity contribution in [1.82, 2.24) is 9.78 Å². The zero-order valence-electron chi connectivity index (χ0n) is 6.50. The normalized spacial score (nSPS) is 18.7. The molecule has 1 fully saturated rings. The van der Waals surface area contributed by atoms with Gasteiger partial charge in [0, 0.05) is 6.20 Å². The van der Waals surface area contributed by atoms with Gasteiger partial charge in [-0.1, -0.05) is 0 Å². The number of rotatable bonds is 2. The van der Waals surface area contributed by atoms with Crippen molar-refractivity contribution in [3.8, 4) is 6.07 Å². The molecule has 1 aromatic heterocycles. The van der Waals surface area contributed by atoms with Crippen LogP contribution in [-0.4, -0.2) is 9.78 Å². The van der Waals surface area contributed by atoms with Crippen LogP contribution in [0, 0.1) is 16.7 Å². The second-order valence-electron chi connectivity index (χ2n) is 3.25. The smallest absolute Gasteiger partial charge is 0.0770 e. The molecule has 1 aliphatic rings. The Labute approximate surface area is 79.1 Å². The SMILES string of the molecule is N#CC1(Cn2cc(Br)cn2)CC1. The van der Waals surface area contributed by atoms with E-state index in [1.807, 2.05) is 10.9 Å². The van der Waals surface area contributed by atoms with Gasteiger partial charge in [-0.25, -0.2) is 0 Å². The Balaban J connectivity index is 2.10. The molecule has 0 atom stereocenters. The summed E-state index contributed by atoms with van der Waals surface area (Å²) in [6, 6.07) is 2.33. The zero-order valence-corrected chi connectivity index (χ0v) is 8.08. The molecule has 0 aliphatic heterocycles. The first kappa shape index (κ1) is 7.81. The van der Waals surface area contributed by atoms with Crippen LogP contribution in [-0.2, 0) is 6.54 Å². The van der Waals surface area contributed by atoms with Gasteiger partial charge in [0.25, 0.3) is 0 Å². The van der Waals surface area contributed by atoms with E-state index in [1.54, 1.807) is 6.20 Å². The van der Waals surface area contributed by atoms with Crippen LogP contribution in [0.5, 0.6) is 0 Å². The molecule has 0 spiro atoms. The summed E-state index contributed by atoms with van der Waals surface area (Å²) in [5, 5.41) is 12.9. The largest absolute Gasteiger partial charge is 0.270 e. The van der Waals surface area contributed by atoms with Crippen LogP contribution < -0.4 is 0 Å². The van der Waals surface area contributed by atoms with E-state index < -0.39 is 0 Å². The number of aromatic nitrogens is 2. The quantitative estimate of drug-likeness (QED) is 0.773. The lowest BCUT2D eigenvalue weighted by Gasteiger charge is -2.03. The molecule has 3 nitrogen and oxygen atoms in total. The van der Waals surface area contributed by atoms with Crippen molar-refractivity contribution in [2.75, 3.05) is 0 Å². The van der Waals surface area contributed by atoms with E-state index in [4.69, 9.17) is 5.26 Å². The molecule has 0 radical (unpaired) electrons. The van der Waals surface area contributed by atoms with Gasteiger partial charge < -0.3 is 0 Å². The van der Waals surface area contributed by atoms with E-state index in [9.17, 15) is 0 Å². The maximum Gasteiger partial charge on any atom is 0.0770 e. The van der Waals surface area contributed by atoms with E-state index in [0.29, 0.717) is 0 Å². The molecule has 0 amide bonds. The fraction of sp³-hybridized carbons (Fsp3) is 0.500. The molecule has 1 heterocycles. The lowest BCUT2D eigenvalue weighted by atomic mass is 10.1. The highest BCUT2D eigenvalue weighted by molar-refractivity contribution is 9.10. The average Bonchev–Trinajstić information content (AvgIpc) is 2.71. The first-order valence-corrected chi connectivity index (χ1v) is 4.63. The Morgan fingerprint density at radius 1 is 1.75 bits per heavy atom. The lowest BCUT2D eigenvalue weighted by molar-refractivity contribution is 0.485. The molecular formula is C8H8BrN3. The predicted octanol–water partition coefficient (Wildman–Crippen LogP) is 1.95. The maximum atomic E-state index is 8.82. The van der Waals surface area contributed by atoms with Gasteiger partial charge in [0.1, 0.15) is 0 Å². The van der Waals surface area contributed by atoms with Crippen LogP contribution in [0.3, 0.4) is 0 Å². The van der Waals surface area contributed by atoms with E-state index in [2.05, 4.69) is 27.1 Å². The average molecular weight is 226 g/mol. The van der Waals surface area contributed by atoms with Gasteiger partial charge >= 0.3 is 0 Å². The first-order chi connectivity index (χ1) is 5.74. The molecular weight excluding hydrogens is 218 g/mol. The monoisotopic (exact) mass is 225 g/mol. The third kappa shape index (κ3) is 1.37. The summed E-state index contributed by atoms with van der Waals surface area (Å²) in [7, 11) is 0. The number of nitriles is 1. The summed E-state index contributed by atoms with van der Waals surface area (Å²) in [5.74, 6) is 0. The third-order valence-electron chi connectivity index (χ3n) is 2.16. The van der Waals surface area contributed by atoms with Gasteiger partial charge in [0.15, 0.2) is 0 Å². The van der Waals surface area contributed by atoms with Crippen LogP contribution >= 0.6 is 15.9 Å². The zero-order chi connectivity index (χ0) is 8.60. The third-order valence-corrected chi connectivity index (χ3v) is 2.57. The molecule has 0 unspecified atom stereocenters. The van der Waals surface area contributed by atoms with E-state index >= 15 is 0 Å². The summed E-state index contributed by atoms with van der Waals surface area (Å²) in [4.78, 5) is 0. The minimum absolute atomic E-state index is 0.106. The summed E-state index contributed by atoms with van der Waals surface area (Å²) in [6.45, 7) is 0.731. The van der Waals surface area contributed by atoms with Crippen molar-refractivity contribution in [3.63, 3.8) is 0 Å². The Bertz CT molecular complexity index is 332. The standard InChI is InChI=1S/C8H8BrN3/c9-7-3-11-12(4-7)6-8(5-10)1-2-8/h3-4H,1-2,6H2. The molecule has 0 aromatic carbocycles. The van der Waals surface area contributed by atoms with Gasteiger partial charge in [0.05, 0.1) is 28.7 Å². The fourth-order valence-corrected chi connectivity index (χ4v) is 1.52. The molecule has 0 saturated heterocycles. The molecule has 2 rings (SSSR count). The minimum Gasteiger partial charge on any atom is -0.270 e. The summed E-state index contributed by atoms with van der Waals surface area (Å²) in [6.07, 6.45) is 5.67. The number of halogens is 1. The predicted molar refractivity (Wildman–Crippen MR) is 47.2 cm³/mol. The van der Waals surface area contributed by atoms with Gasteiger partial charge in [-0.2, -0.15) is 10.4 Å². The number of hydrogen-bond acceptors (Lipinski definition) is 2. The van der Waals surface area contributed by atoms with E-state index in [-0.39, 0.29) is 5.41 Å². The molecule has 1 aliphatic carbocycles. The molecule has 1 aromatic rings. The van der Waals surface area contributed by atoms with Crippen molar-refractivity contribution in [3.05, 3.63) is 16.9 Å². The first-order valence-electron chi connectivity index (χ1n) is 3.83. The highest BCUT2D eigenvalue weighted by Crippen LogP contribution is 2.46. The Morgan fingerprint density at radius 2 is 2.50 bits per heavy atom. The Morgan fingerprint density at radius 3 is 2.92 bits per heavy atom. The summed E-state index contributed by atoms with van der Waals surface area (Å²) in [5.41, 5.74) is -0.106. The Kier molecular flexibility index (Phi) is 1.69. The highest BCUT2D eigenvalue weighted by atomic mass is 79.9. The van der Waals surface area contributed by atoms with Crippen molar-refractivity contribution in [1.29, 1.82) is 5.26 Å². The topological polar surface area (TPSA) is 41.6 Å². The van der Waals surface area contributed by atoms with Gasteiger partial charge in [0.2, 0.25) is 0 Å². The van der Waals surface area contributed by atoms with Crippen molar-refractivity contribution >= 4 is 15.9 Å². The molecule has 62 valence electrons. The highest BCUT2D eigenvalue weighted by Gasteiger charge is 2.43.